The maximum atomic E-state index is 12.3. The maximum absolute atomic E-state index is 12.3. The van der Waals surface area contributed by atoms with Crippen LogP contribution in [0.2, 0.25) is 0 Å². The normalized spacial score (nSPS) is 17.4. The molecule has 0 aliphatic carbocycles. The largest absolute Gasteiger partial charge is 0.351 e. The van der Waals surface area contributed by atoms with Crippen LogP contribution in [0.25, 0.3) is 0 Å². The van der Waals surface area contributed by atoms with Gasteiger partial charge < -0.3 is 10.6 Å². The number of benzene rings is 1. The van der Waals surface area contributed by atoms with Gasteiger partial charge in [-0.15, -0.1) is 0 Å². The molecule has 1 aromatic carbocycles. The van der Waals surface area contributed by atoms with Gasteiger partial charge in [0.25, 0.3) is 0 Å². The molecule has 1 atom stereocenters. The second-order valence-electron chi connectivity index (χ2n) is 6.38. The SMILES string of the molecule is CC(C(=O)NC(C)(C)Cc1ccc(Br)cc1)C1CNC1. The van der Waals surface area contributed by atoms with E-state index in [-0.39, 0.29) is 17.4 Å². The van der Waals surface area contributed by atoms with Crippen LogP contribution in [-0.4, -0.2) is 24.5 Å². The van der Waals surface area contributed by atoms with Crippen molar-refractivity contribution in [3.8, 4) is 0 Å². The van der Waals surface area contributed by atoms with Gasteiger partial charge in [-0.05, 0) is 57.0 Å². The van der Waals surface area contributed by atoms with Crippen LogP contribution in [0, 0.1) is 11.8 Å². The molecule has 0 radical (unpaired) electrons. The molecule has 1 fully saturated rings. The summed E-state index contributed by atoms with van der Waals surface area (Å²) in [4.78, 5) is 12.3. The summed E-state index contributed by atoms with van der Waals surface area (Å²) < 4.78 is 1.08. The number of halogens is 1. The molecule has 0 spiro atoms. The van der Waals surface area contributed by atoms with Crippen LogP contribution in [-0.2, 0) is 11.2 Å². The van der Waals surface area contributed by atoms with Crippen molar-refractivity contribution in [3.63, 3.8) is 0 Å². The molecule has 4 heteroatoms. The Morgan fingerprint density at radius 2 is 2.00 bits per heavy atom. The van der Waals surface area contributed by atoms with E-state index >= 15 is 0 Å². The zero-order valence-electron chi connectivity index (χ0n) is 12.4. The van der Waals surface area contributed by atoms with E-state index in [1.807, 2.05) is 19.1 Å². The van der Waals surface area contributed by atoms with Crippen LogP contribution in [0.1, 0.15) is 26.3 Å². The third-order valence-corrected chi connectivity index (χ3v) is 4.48. The van der Waals surface area contributed by atoms with Crippen molar-refractivity contribution in [1.82, 2.24) is 10.6 Å². The van der Waals surface area contributed by atoms with Crippen molar-refractivity contribution in [2.24, 2.45) is 11.8 Å². The first-order valence-electron chi connectivity index (χ1n) is 7.14. The minimum Gasteiger partial charge on any atom is -0.351 e. The fraction of sp³-hybridized carbons (Fsp3) is 0.562. The van der Waals surface area contributed by atoms with E-state index in [1.165, 1.54) is 5.56 Å². The summed E-state index contributed by atoms with van der Waals surface area (Å²) in [5.41, 5.74) is 1.01. The van der Waals surface area contributed by atoms with E-state index in [2.05, 4.69) is 52.5 Å². The van der Waals surface area contributed by atoms with Crippen molar-refractivity contribution in [2.45, 2.75) is 32.7 Å². The molecule has 1 amide bonds. The number of nitrogens with one attached hydrogen (secondary N) is 2. The molecule has 1 saturated heterocycles. The molecule has 0 saturated carbocycles. The Bertz CT molecular complexity index is 466. The monoisotopic (exact) mass is 338 g/mol. The predicted octanol–water partition coefficient (Wildman–Crippen LogP) is 2.74. The van der Waals surface area contributed by atoms with Crippen molar-refractivity contribution in [2.75, 3.05) is 13.1 Å². The summed E-state index contributed by atoms with van der Waals surface area (Å²) in [6.45, 7) is 8.11. The Labute approximate surface area is 129 Å². The smallest absolute Gasteiger partial charge is 0.223 e. The van der Waals surface area contributed by atoms with Crippen molar-refractivity contribution < 1.29 is 4.79 Å². The minimum absolute atomic E-state index is 0.0837. The lowest BCUT2D eigenvalue weighted by Gasteiger charge is -2.34. The van der Waals surface area contributed by atoms with Crippen LogP contribution in [0.4, 0.5) is 0 Å². The van der Waals surface area contributed by atoms with E-state index in [4.69, 9.17) is 0 Å². The number of hydrogen-bond donors (Lipinski definition) is 2. The Hall–Kier alpha value is -0.870. The standard InChI is InChI=1S/C16H23BrN2O/c1-11(13-9-18-10-13)15(20)19-16(2,3)8-12-4-6-14(17)7-5-12/h4-7,11,13,18H,8-10H2,1-3H3,(H,19,20). The Balaban J connectivity index is 1.92. The van der Waals surface area contributed by atoms with Crippen LogP contribution in [0.3, 0.4) is 0 Å². The van der Waals surface area contributed by atoms with Gasteiger partial charge in [0.15, 0.2) is 0 Å². The molecule has 1 aromatic rings. The van der Waals surface area contributed by atoms with Gasteiger partial charge in [0.05, 0.1) is 0 Å². The molecule has 0 aromatic heterocycles. The molecular formula is C16H23BrN2O. The average Bonchev–Trinajstić information content (AvgIpc) is 2.29. The molecular weight excluding hydrogens is 316 g/mol. The molecule has 0 bridgehead atoms. The number of rotatable bonds is 5. The second kappa shape index (κ2) is 6.27. The summed E-state index contributed by atoms with van der Waals surface area (Å²) >= 11 is 3.44. The van der Waals surface area contributed by atoms with E-state index in [0.29, 0.717) is 5.92 Å². The molecule has 1 unspecified atom stereocenters. The number of hydrogen-bond acceptors (Lipinski definition) is 2. The highest BCUT2D eigenvalue weighted by Gasteiger charge is 2.31. The minimum atomic E-state index is -0.226. The number of carbonyl (C=O) groups excluding carboxylic acids is 1. The van der Waals surface area contributed by atoms with Gasteiger partial charge in [0.1, 0.15) is 0 Å². The molecule has 1 aliphatic rings. The van der Waals surface area contributed by atoms with E-state index in [9.17, 15) is 4.79 Å². The quantitative estimate of drug-likeness (QED) is 0.866. The van der Waals surface area contributed by atoms with Crippen LogP contribution >= 0.6 is 15.9 Å². The van der Waals surface area contributed by atoms with Crippen molar-refractivity contribution >= 4 is 21.8 Å². The molecule has 1 aliphatic heterocycles. The van der Waals surface area contributed by atoms with Crippen LogP contribution < -0.4 is 10.6 Å². The van der Waals surface area contributed by atoms with Crippen LogP contribution in [0.15, 0.2) is 28.7 Å². The van der Waals surface area contributed by atoms with Crippen LogP contribution in [0.5, 0.6) is 0 Å². The fourth-order valence-electron chi connectivity index (χ4n) is 2.48. The van der Waals surface area contributed by atoms with E-state index in [1.54, 1.807) is 0 Å². The highest BCUT2D eigenvalue weighted by atomic mass is 79.9. The van der Waals surface area contributed by atoms with Crippen molar-refractivity contribution in [1.29, 1.82) is 0 Å². The van der Waals surface area contributed by atoms with Gasteiger partial charge in [0.2, 0.25) is 5.91 Å². The Morgan fingerprint density at radius 1 is 1.40 bits per heavy atom. The summed E-state index contributed by atoms with van der Waals surface area (Å²) in [6.07, 6.45) is 0.835. The van der Waals surface area contributed by atoms with Gasteiger partial charge in [-0.3, -0.25) is 4.79 Å². The molecule has 2 N–H and O–H groups in total. The lowest BCUT2D eigenvalue weighted by Crippen LogP contribution is -2.53. The first-order chi connectivity index (χ1) is 9.37. The zero-order valence-corrected chi connectivity index (χ0v) is 14.0. The van der Waals surface area contributed by atoms with Gasteiger partial charge in [-0.1, -0.05) is 35.0 Å². The van der Waals surface area contributed by atoms with Gasteiger partial charge in [0, 0.05) is 15.9 Å². The van der Waals surface area contributed by atoms with Gasteiger partial charge in [-0.2, -0.15) is 0 Å². The molecule has 110 valence electrons. The zero-order chi connectivity index (χ0) is 14.8. The highest BCUT2D eigenvalue weighted by molar-refractivity contribution is 9.10. The molecule has 2 rings (SSSR count). The first kappa shape index (κ1) is 15.5. The molecule has 20 heavy (non-hydrogen) atoms. The topological polar surface area (TPSA) is 41.1 Å². The second-order valence-corrected chi connectivity index (χ2v) is 7.30. The molecule has 1 heterocycles. The lowest BCUT2D eigenvalue weighted by molar-refractivity contribution is -0.128. The van der Waals surface area contributed by atoms with Gasteiger partial charge in [-0.25, -0.2) is 0 Å². The predicted molar refractivity (Wildman–Crippen MR) is 85.6 cm³/mol. The lowest BCUT2D eigenvalue weighted by atomic mass is 9.87. The number of carbonyl (C=O) groups is 1. The summed E-state index contributed by atoms with van der Waals surface area (Å²) in [5, 5.41) is 6.41. The summed E-state index contributed by atoms with van der Waals surface area (Å²) in [6, 6.07) is 8.26. The molecule has 3 nitrogen and oxygen atoms in total. The summed E-state index contributed by atoms with van der Waals surface area (Å²) in [5.74, 6) is 0.734. The Morgan fingerprint density at radius 3 is 2.50 bits per heavy atom. The van der Waals surface area contributed by atoms with Crippen molar-refractivity contribution in [3.05, 3.63) is 34.3 Å². The number of amides is 1. The Kier molecular flexibility index (Phi) is 4.86. The average molecular weight is 339 g/mol. The highest BCUT2D eigenvalue weighted by Crippen LogP contribution is 2.20. The van der Waals surface area contributed by atoms with E-state index < -0.39 is 0 Å². The maximum Gasteiger partial charge on any atom is 0.223 e. The summed E-state index contributed by atoms with van der Waals surface area (Å²) in [7, 11) is 0. The first-order valence-corrected chi connectivity index (χ1v) is 7.94. The fourth-order valence-corrected chi connectivity index (χ4v) is 2.75. The third kappa shape index (κ3) is 4.06. The third-order valence-electron chi connectivity index (χ3n) is 3.95. The van der Waals surface area contributed by atoms with Gasteiger partial charge >= 0.3 is 0 Å². The van der Waals surface area contributed by atoms with E-state index in [0.717, 1.165) is 24.0 Å².